The fraction of sp³-hybridized carbons (Fsp3) is 0. The third-order valence-corrected chi connectivity index (χ3v) is 1.50. The average molecular weight is 201 g/mol. The minimum atomic E-state index is 0.0674. The van der Waals surface area contributed by atoms with E-state index in [2.05, 4.69) is 13.7 Å². The molecule has 0 unspecified atom stereocenters. The van der Waals surface area contributed by atoms with Crippen molar-refractivity contribution in [3.05, 3.63) is 18.2 Å². The number of nitrogens with zero attached hydrogens (tertiary/aromatic N) is 3. The molecule has 1 heterocycles. The van der Waals surface area contributed by atoms with E-state index >= 15 is 0 Å². The van der Waals surface area contributed by atoms with Gasteiger partial charge in [-0.2, -0.15) is 8.42 Å². The van der Waals surface area contributed by atoms with E-state index in [4.69, 9.17) is 0 Å². The first-order valence-electron chi connectivity index (χ1n) is 2.84. The predicted octanol–water partition coefficient (Wildman–Crippen LogP) is 1.14. The number of aromatic nitrogens is 1. The average Bonchev–Trinajstić information content (AvgIpc) is 2.06. The molecular formula is C5H3N3O2S2. The Morgan fingerprint density at radius 2 is 1.58 bits per heavy atom. The van der Waals surface area contributed by atoms with Gasteiger partial charge in [-0.15, -0.1) is 8.73 Å². The van der Waals surface area contributed by atoms with Gasteiger partial charge in [-0.1, -0.05) is 6.07 Å². The maximum absolute atomic E-state index is 9.98. The van der Waals surface area contributed by atoms with Crippen LogP contribution in [0.3, 0.4) is 0 Å². The minimum Gasteiger partial charge on any atom is -0.207 e. The van der Waals surface area contributed by atoms with Crippen molar-refractivity contribution in [3.63, 3.8) is 0 Å². The summed E-state index contributed by atoms with van der Waals surface area (Å²) in [5, 5.41) is 0. The molecule has 0 aromatic carbocycles. The first-order valence-corrected chi connectivity index (χ1v) is 4.23. The highest BCUT2D eigenvalue weighted by Gasteiger charge is 1.92. The van der Waals surface area contributed by atoms with E-state index in [0.717, 1.165) is 0 Å². The molecule has 0 aliphatic rings. The zero-order valence-electron chi connectivity index (χ0n) is 5.71. The molecule has 12 heavy (non-hydrogen) atoms. The molecule has 0 saturated heterocycles. The topological polar surface area (TPSA) is 71.8 Å². The second kappa shape index (κ2) is 4.62. The molecule has 1 aromatic rings. The molecule has 1 rings (SSSR count). The predicted molar refractivity (Wildman–Crippen MR) is 44.7 cm³/mol. The summed E-state index contributed by atoms with van der Waals surface area (Å²) < 4.78 is 26.8. The van der Waals surface area contributed by atoms with Crippen molar-refractivity contribution >= 4 is 34.6 Å². The Balaban J connectivity index is 3.11. The van der Waals surface area contributed by atoms with Gasteiger partial charge in [0, 0.05) is 0 Å². The molecule has 0 atom stereocenters. The summed E-state index contributed by atoms with van der Waals surface area (Å²) in [4.78, 5) is 3.78. The summed E-state index contributed by atoms with van der Waals surface area (Å²) in [5.41, 5.74) is 0. The molecule has 0 bridgehead atoms. The van der Waals surface area contributed by atoms with Crippen molar-refractivity contribution in [3.8, 4) is 0 Å². The highest BCUT2D eigenvalue weighted by Crippen LogP contribution is 2.13. The molecule has 0 amide bonds. The van der Waals surface area contributed by atoms with E-state index in [-0.39, 0.29) is 34.6 Å². The Hall–Kier alpha value is -1.21. The van der Waals surface area contributed by atoms with Crippen molar-refractivity contribution in [2.24, 2.45) is 8.73 Å². The van der Waals surface area contributed by atoms with Crippen LogP contribution in [-0.4, -0.2) is 13.4 Å². The maximum Gasteiger partial charge on any atom is 0.206 e. The molecule has 62 valence electrons. The molecule has 1 aromatic heterocycles. The first kappa shape index (κ1) is 8.88. The Bertz CT molecular complexity index is 349. The van der Waals surface area contributed by atoms with Gasteiger partial charge in [0.2, 0.25) is 22.9 Å². The minimum absolute atomic E-state index is 0.0674. The Morgan fingerprint density at radius 3 is 2.00 bits per heavy atom. The third kappa shape index (κ3) is 2.44. The fourth-order valence-electron chi connectivity index (χ4n) is 0.590. The van der Waals surface area contributed by atoms with Gasteiger partial charge in [0.15, 0.2) is 11.6 Å². The number of rotatable bonds is 2. The largest absolute Gasteiger partial charge is 0.207 e. The number of hydrogen-bond acceptors (Lipinski definition) is 5. The number of hydrogen-bond donors (Lipinski definition) is 0. The molecule has 0 saturated carbocycles. The Kier molecular flexibility index (Phi) is 3.42. The van der Waals surface area contributed by atoms with Crippen molar-refractivity contribution in [1.29, 1.82) is 0 Å². The molecular weight excluding hydrogens is 198 g/mol. The third-order valence-electron chi connectivity index (χ3n) is 0.981. The molecule has 0 aliphatic heterocycles. The van der Waals surface area contributed by atoms with Crippen LogP contribution in [0.4, 0.5) is 11.6 Å². The van der Waals surface area contributed by atoms with Gasteiger partial charge in [0.1, 0.15) is 0 Å². The van der Waals surface area contributed by atoms with Crippen LogP contribution in [-0.2, 0) is 22.9 Å². The first-order chi connectivity index (χ1) is 5.86. The lowest BCUT2D eigenvalue weighted by molar-refractivity contribution is 0.697. The van der Waals surface area contributed by atoms with Crippen molar-refractivity contribution in [2.45, 2.75) is 0 Å². The summed E-state index contributed by atoms with van der Waals surface area (Å²) in [5.74, 6) is 0.538. The molecule has 0 N–H and O–H groups in total. The van der Waals surface area contributed by atoms with E-state index in [1.807, 2.05) is 0 Å². The molecule has 0 spiro atoms. The summed E-state index contributed by atoms with van der Waals surface area (Å²) in [7, 11) is 0. The Labute approximate surface area is 75.3 Å². The van der Waals surface area contributed by atoms with Crippen LogP contribution in [0, 0.1) is 0 Å². The summed E-state index contributed by atoms with van der Waals surface area (Å²) >= 11 is 0.135. The van der Waals surface area contributed by atoms with Crippen LogP contribution in [0.1, 0.15) is 0 Å². The fourth-order valence-corrected chi connectivity index (χ4v) is 0.946. The standard InChI is InChI=1S/C5H3N3O2S2/c9-11-7-4-2-1-3-5(6-4)8-12-10/h1-3H. The highest BCUT2D eigenvalue weighted by molar-refractivity contribution is 7.55. The molecule has 5 nitrogen and oxygen atoms in total. The lowest BCUT2D eigenvalue weighted by Crippen LogP contribution is -1.72. The molecule has 0 radical (unpaired) electrons. The molecule has 7 heteroatoms. The zero-order valence-corrected chi connectivity index (χ0v) is 7.34. The summed E-state index contributed by atoms with van der Waals surface area (Å²) in [6.45, 7) is 0. The summed E-state index contributed by atoms with van der Waals surface area (Å²) in [6, 6.07) is 4.73. The van der Waals surface area contributed by atoms with Gasteiger partial charge in [-0.25, -0.2) is 4.98 Å². The Morgan fingerprint density at radius 1 is 1.08 bits per heavy atom. The van der Waals surface area contributed by atoms with Crippen LogP contribution in [0.5, 0.6) is 0 Å². The zero-order chi connectivity index (χ0) is 8.81. The van der Waals surface area contributed by atoms with E-state index in [9.17, 15) is 8.42 Å². The molecule has 0 aliphatic carbocycles. The monoisotopic (exact) mass is 201 g/mol. The quantitative estimate of drug-likeness (QED) is 0.720. The second-order valence-electron chi connectivity index (χ2n) is 1.69. The SMILES string of the molecule is O=S=Nc1cccc(N=S=O)n1. The van der Waals surface area contributed by atoms with Crippen molar-refractivity contribution < 1.29 is 8.42 Å². The van der Waals surface area contributed by atoms with Crippen LogP contribution >= 0.6 is 0 Å². The highest BCUT2D eigenvalue weighted by atomic mass is 32.1. The van der Waals surface area contributed by atoms with Gasteiger partial charge in [-0.05, 0) is 12.1 Å². The van der Waals surface area contributed by atoms with E-state index in [1.165, 1.54) is 0 Å². The number of pyridine rings is 1. The lowest BCUT2D eigenvalue weighted by Gasteiger charge is -1.89. The lowest BCUT2D eigenvalue weighted by atomic mass is 10.4. The van der Waals surface area contributed by atoms with E-state index in [1.54, 1.807) is 18.2 Å². The van der Waals surface area contributed by atoms with Gasteiger partial charge < -0.3 is 0 Å². The van der Waals surface area contributed by atoms with Gasteiger partial charge >= 0.3 is 0 Å². The van der Waals surface area contributed by atoms with Crippen molar-refractivity contribution in [2.75, 3.05) is 0 Å². The van der Waals surface area contributed by atoms with Crippen molar-refractivity contribution in [1.82, 2.24) is 4.98 Å². The molecule has 0 fully saturated rings. The smallest absolute Gasteiger partial charge is 0.206 e. The van der Waals surface area contributed by atoms with E-state index < -0.39 is 0 Å². The van der Waals surface area contributed by atoms with Crippen LogP contribution in [0.25, 0.3) is 0 Å². The van der Waals surface area contributed by atoms with Gasteiger partial charge in [0.25, 0.3) is 0 Å². The summed E-state index contributed by atoms with van der Waals surface area (Å²) in [6.07, 6.45) is 0. The van der Waals surface area contributed by atoms with Crippen LogP contribution < -0.4 is 0 Å². The van der Waals surface area contributed by atoms with E-state index in [0.29, 0.717) is 0 Å². The van der Waals surface area contributed by atoms with Gasteiger partial charge in [0.05, 0.1) is 0 Å². The maximum atomic E-state index is 9.98. The van der Waals surface area contributed by atoms with Gasteiger partial charge in [-0.3, -0.25) is 0 Å². The second-order valence-corrected chi connectivity index (χ2v) is 2.35. The van der Waals surface area contributed by atoms with Crippen LogP contribution in [0.15, 0.2) is 26.9 Å². The van der Waals surface area contributed by atoms with Crippen LogP contribution in [0.2, 0.25) is 0 Å². The normalized spacial score (nSPS) is 8.67.